The maximum atomic E-state index is 11.8. The highest BCUT2D eigenvalue weighted by Gasteiger charge is 2.08. The summed E-state index contributed by atoms with van der Waals surface area (Å²) in [5.41, 5.74) is 3.09. The van der Waals surface area contributed by atoms with E-state index >= 15 is 0 Å². The number of carbonyl (C=O) groups is 1. The van der Waals surface area contributed by atoms with Crippen molar-refractivity contribution in [2.24, 2.45) is 0 Å². The molecule has 2 aromatic rings. The summed E-state index contributed by atoms with van der Waals surface area (Å²) in [7, 11) is 0. The molecule has 1 aromatic carbocycles. The molecule has 1 heterocycles. The second kappa shape index (κ2) is 6.19. The molecule has 4 heteroatoms. The Balaban J connectivity index is 1.96. The van der Waals surface area contributed by atoms with Gasteiger partial charge in [-0.15, -0.1) is 0 Å². The third-order valence-electron chi connectivity index (χ3n) is 2.94. The second-order valence-electron chi connectivity index (χ2n) is 4.78. The third kappa shape index (κ3) is 3.57. The summed E-state index contributed by atoms with van der Waals surface area (Å²) in [4.78, 5) is 15.9. The van der Waals surface area contributed by atoms with Gasteiger partial charge in [-0.3, -0.25) is 4.79 Å². The number of rotatable bonds is 4. The first-order valence-corrected chi connectivity index (χ1v) is 6.48. The van der Waals surface area contributed by atoms with Crippen molar-refractivity contribution in [1.29, 1.82) is 0 Å². The molecule has 104 valence electrons. The predicted molar refractivity (Wildman–Crippen MR) is 79.0 cm³/mol. The van der Waals surface area contributed by atoms with Gasteiger partial charge in [-0.2, -0.15) is 0 Å². The molecule has 0 saturated carbocycles. The van der Waals surface area contributed by atoms with Gasteiger partial charge in [0.2, 0.25) is 0 Å². The molecule has 1 aromatic heterocycles. The molecule has 1 amide bonds. The van der Waals surface area contributed by atoms with Crippen LogP contribution in [0.4, 0.5) is 5.82 Å². The van der Waals surface area contributed by atoms with Gasteiger partial charge in [-0.05, 0) is 49.6 Å². The van der Waals surface area contributed by atoms with Crippen LogP contribution in [-0.2, 0) is 4.79 Å². The Morgan fingerprint density at radius 3 is 2.55 bits per heavy atom. The normalized spacial score (nSPS) is 10.2. The van der Waals surface area contributed by atoms with Crippen molar-refractivity contribution in [3.05, 3.63) is 53.2 Å². The quantitative estimate of drug-likeness (QED) is 0.929. The molecule has 0 bridgehead atoms. The molecule has 4 nitrogen and oxygen atoms in total. The van der Waals surface area contributed by atoms with E-state index in [1.165, 1.54) is 0 Å². The number of nitrogens with one attached hydrogen (secondary N) is 1. The molecule has 0 aliphatic heterocycles. The van der Waals surface area contributed by atoms with Crippen molar-refractivity contribution in [1.82, 2.24) is 4.98 Å². The lowest BCUT2D eigenvalue weighted by Gasteiger charge is -2.11. The lowest BCUT2D eigenvalue weighted by atomic mass is 10.1. The van der Waals surface area contributed by atoms with Gasteiger partial charge in [0.1, 0.15) is 11.6 Å². The van der Waals surface area contributed by atoms with Crippen molar-refractivity contribution in [2.75, 3.05) is 11.9 Å². The molecule has 1 N–H and O–H groups in total. The van der Waals surface area contributed by atoms with Crippen molar-refractivity contribution < 1.29 is 9.53 Å². The fraction of sp³-hybridized carbons (Fsp3) is 0.250. The zero-order valence-electron chi connectivity index (χ0n) is 11.9. The van der Waals surface area contributed by atoms with Crippen LogP contribution in [0.2, 0.25) is 0 Å². The molecule has 0 atom stereocenters. The Labute approximate surface area is 118 Å². The minimum Gasteiger partial charge on any atom is -0.483 e. The van der Waals surface area contributed by atoms with Crippen molar-refractivity contribution >= 4 is 11.7 Å². The smallest absolute Gasteiger partial charge is 0.263 e. The Hall–Kier alpha value is -2.36. The van der Waals surface area contributed by atoms with E-state index in [2.05, 4.69) is 10.3 Å². The van der Waals surface area contributed by atoms with Crippen LogP contribution in [0.25, 0.3) is 0 Å². The van der Waals surface area contributed by atoms with Gasteiger partial charge >= 0.3 is 0 Å². The summed E-state index contributed by atoms with van der Waals surface area (Å²) in [6, 6.07) is 9.58. The lowest BCUT2D eigenvalue weighted by molar-refractivity contribution is -0.118. The van der Waals surface area contributed by atoms with Crippen LogP contribution in [0.15, 0.2) is 36.5 Å². The first kappa shape index (κ1) is 14.1. The molecule has 0 fully saturated rings. The molecule has 0 aliphatic carbocycles. The summed E-state index contributed by atoms with van der Waals surface area (Å²) < 4.78 is 5.59. The number of aryl methyl sites for hydroxylation is 3. The first-order valence-electron chi connectivity index (χ1n) is 6.48. The summed E-state index contributed by atoms with van der Waals surface area (Å²) >= 11 is 0. The van der Waals surface area contributed by atoms with Gasteiger partial charge in [0.15, 0.2) is 6.61 Å². The Morgan fingerprint density at radius 2 is 1.90 bits per heavy atom. The maximum Gasteiger partial charge on any atom is 0.263 e. The maximum absolute atomic E-state index is 11.8. The average Bonchev–Trinajstić information content (AvgIpc) is 2.38. The number of ether oxygens (including phenoxy) is 1. The summed E-state index contributed by atoms with van der Waals surface area (Å²) in [6.45, 7) is 5.84. The van der Waals surface area contributed by atoms with Crippen molar-refractivity contribution in [3.8, 4) is 5.75 Å². The standard InChI is InChI=1S/C16H18N2O2/c1-11-7-8-17-14(9-11)18-15(19)10-20-16-12(2)5-4-6-13(16)3/h4-9H,10H2,1-3H3,(H,17,18,19). The number of pyridine rings is 1. The Morgan fingerprint density at radius 1 is 1.20 bits per heavy atom. The number of nitrogens with zero attached hydrogens (tertiary/aromatic N) is 1. The Bertz CT molecular complexity index is 603. The fourth-order valence-electron chi connectivity index (χ4n) is 1.95. The average molecular weight is 270 g/mol. The topological polar surface area (TPSA) is 51.2 Å². The number of carbonyl (C=O) groups excluding carboxylic acids is 1. The van der Waals surface area contributed by atoms with Crippen LogP contribution in [0.1, 0.15) is 16.7 Å². The Kier molecular flexibility index (Phi) is 4.35. The molecule has 0 aliphatic rings. The molecule has 2 rings (SSSR count). The number of amides is 1. The van der Waals surface area contributed by atoms with Crippen LogP contribution >= 0.6 is 0 Å². The number of hydrogen-bond acceptors (Lipinski definition) is 3. The van der Waals surface area contributed by atoms with Crippen LogP contribution in [-0.4, -0.2) is 17.5 Å². The number of aromatic nitrogens is 1. The van der Waals surface area contributed by atoms with E-state index in [9.17, 15) is 4.79 Å². The van der Waals surface area contributed by atoms with Crippen molar-refractivity contribution in [2.45, 2.75) is 20.8 Å². The molecule has 20 heavy (non-hydrogen) atoms. The minimum absolute atomic E-state index is 0.0265. The number of para-hydroxylation sites is 1. The van der Waals surface area contributed by atoms with Gasteiger partial charge < -0.3 is 10.1 Å². The third-order valence-corrected chi connectivity index (χ3v) is 2.94. The summed E-state index contributed by atoms with van der Waals surface area (Å²) in [6.07, 6.45) is 1.66. The molecule has 0 spiro atoms. The molecule has 0 unspecified atom stereocenters. The molecular weight excluding hydrogens is 252 g/mol. The highest BCUT2D eigenvalue weighted by molar-refractivity contribution is 5.91. The minimum atomic E-state index is -0.217. The largest absolute Gasteiger partial charge is 0.483 e. The van der Waals surface area contributed by atoms with E-state index in [-0.39, 0.29) is 12.5 Å². The zero-order chi connectivity index (χ0) is 14.5. The lowest BCUT2D eigenvalue weighted by Crippen LogP contribution is -2.21. The highest BCUT2D eigenvalue weighted by Crippen LogP contribution is 2.22. The molecule has 0 saturated heterocycles. The summed E-state index contributed by atoms with van der Waals surface area (Å²) in [5, 5.41) is 2.72. The zero-order valence-corrected chi connectivity index (χ0v) is 11.9. The number of anilines is 1. The highest BCUT2D eigenvalue weighted by atomic mass is 16.5. The van der Waals surface area contributed by atoms with Crippen LogP contribution in [0.5, 0.6) is 5.75 Å². The van der Waals surface area contributed by atoms with Crippen molar-refractivity contribution in [3.63, 3.8) is 0 Å². The van der Waals surface area contributed by atoms with E-state index in [1.54, 1.807) is 6.20 Å². The van der Waals surface area contributed by atoms with E-state index in [0.29, 0.717) is 5.82 Å². The van der Waals surface area contributed by atoms with E-state index in [4.69, 9.17) is 4.74 Å². The van der Waals surface area contributed by atoms with Gasteiger partial charge in [0.25, 0.3) is 5.91 Å². The van der Waals surface area contributed by atoms with Gasteiger partial charge in [0, 0.05) is 6.20 Å². The van der Waals surface area contributed by atoms with Gasteiger partial charge in [-0.1, -0.05) is 18.2 Å². The van der Waals surface area contributed by atoms with Crippen LogP contribution in [0, 0.1) is 20.8 Å². The van der Waals surface area contributed by atoms with E-state index in [1.807, 2.05) is 51.1 Å². The van der Waals surface area contributed by atoms with E-state index < -0.39 is 0 Å². The number of benzene rings is 1. The summed E-state index contributed by atoms with van der Waals surface area (Å²) in [5.74, 6) is 1.09. The van der Waals surface area contributed by atoms with E-state index in [0.717, 1.165) is 22.4 Å². The van der Waals surface area contributed by atoms with Crippen LogP contribution < -0.4 is 10.1 Å². The fourth-order valence-corrected chi connectivity index (χ4v) is 1.95. The SMILES string of the molecule is Cc1ccnc(NC(=O)COc2c(C)cccc2C)c1. The number of hydrogen-bond donors (Lipinski definition) is 1. The van der Waals surface area contributed by atoms with Crippen LogP contribution in [0.3, 0.4) is 0 Å². The monoisotopic (exact) mass is 270 g/mol. The molecular formula is C16H18N2O2. The van der Waals surface area contributed by atoms with Gasteiger partial charge in [-0.25, -0.2) is 4.98 Å². The second-order valence-corrected chi connectivity index (χ2v) is 4.78. The van der Waals surface area contributed by atoms with Gasteiger partial charge in [0.05, 0.1) is 0 Å². The molecule has 0 radical (unpaired) electrons. The predicted octanol–water partition coefficient (Wildman–Crippen LogP) is 3.02. The first-order chi connectivity index (χ1) is 9.56.